The average Bonchev–Trinajstić information content (AvgIpc) is 2.97. The van der Waals surface area contributed by atoms with E-state index in [0.29, 0.717) is 5.92 Å². The summed E-state index contributed by atoms with van der Waals surface area (Å²) in [6.45, 7) is 9.66. The topological polar surface area (TPSA) is 44.0 Å². The lowest BCUT2D eigenvalue weighted by atomic mass is 9.96. The third kappa shape index (κ3) is 3.18. The van der Waals surface area contributed by atoms with Crippen molar-refractivity contribution in [2.24, 2.45) is 5.92 Å². The van der Waals surface area contributed by atoms with Gasteiger partial charge < -0.3 is 15.2 Å². The molecule has 0 amide bonds. The van der Waals surface area contributed by atoms with Crippen LogP contribution in [0.1, 0.15) is 48.6 Å². The van der Waals surface area contributed by atoms with E-state index < -0.39 is 0 Å². The highest BCUT2D eigenvalue weighted by Gasteiger charge is 2.42. The van der Waals surface area contributed by atoms with Gasteiger partial charge in [0.2, 0.25) is 0 Å². The van der Waals surface area contributed by atoms with Gasteiger partial charge in [-0.15, -0.1) is 0 Å². The van der Waals surface area contributed by atoms with Crippen LogP contribution in [0.15, 0.2) is 24.4 Å². The Bertz CT molecular complexity index is 741. The number of H-pyrrole nitrogens is 1. The van der Waals surface area contributed by atoms with Gasteiger partial charge in [-0.25, -0.2) is 0 Å². The first kappa shape index (κ1) is 17.7. The maximum absolute atomic E-state index is 5.68. The van der Waals surface area contributed by atoms with Crippen molar-refractivity contribution >= 4 is 39.9 Å². The SMILES string of the molecule is Cc1[nH]c(C)c(C2C(c3ccccn3)NC(=S)N2CC(C)C)c1I. The maximum atomic E-state index is 5.68. The highest BCUT2D eigenvalue weighted by molar-refractivity contribution is 14.1. The normalized spacial score (nSPS) is 20.8. The van der Waals surface area contributed by atoms with Crippen molar-refractivity contribution < 1.29 is 0 Å². The molecule has 2 aromatic heterocycles. The van der Waals surface area contributed by atoms with E-state index in [1.807, 2.05) is 18.3 Å². The number of hydrogen-bond donors (Lipinski definition) is 2. The van der Waals surface area contributed by atoms with Crippen LogP contribution in [0.25, 0.3) is 0 Å². The van der Waals surface area contributed by atoms with E-state index in [1.54, 1.807) is 0 Å². The van der Waals surface area contributed by atoms with E-state index in [2.05, 4.69) is 76.5 Å². The number of nitrogens with one attached hydrogen (secondary N) is 2. The zero-order valence-electron chi connectivity index (χ0n) is 14.4. The summed E-state index contributed by atoms with van der Waals surface area (Å²) in [5.41, 5.74) is 4.79. The first-order valence-corrected chi connectivity index (χ1v) is 9.71. The third-order valence-corrected chi connectivity index (χ3v) is 6.14. The van der Waals surface area contributed by atoms with Crippen LogP contribution < -0.4 is 5.32 Å². The Balaban J connectivity index is 2.11. The molecule has 1 saturated heterocycles. The number of nitrogens with zero attached hydrogens (tertiary/aromatic N) is 2. The lowest BCUT2D eigenvalue weighted by Crippen LogP contribution is -2.33. The fraction of sp³-hybridized carbons (Fsp3) is 0.444. The minimum atomic E-state index is 0.0693. The Kier molecular flexibility index (Phi) is 5.15. The predicted molar refractivity (Wildman–Crippen MR) is 110 cm³/mol. The summed E-state index contributed by atoms with van der Waals surface area (Å²) in [6, 6.07) is 6.29. The molecule has 0 aliphatic carbocycles. The van der Waals surface area contributed by atoms with Crippen molar-refractivity contribution in [1.82, 2.24) is 20.2 Å². The second-order valence-corrected chi connectivity index (χ2v) is 8.24. The van der Waals surface area contributed by atoms with Crippen LogP contribution in [-0.2, 0) is 0 Å². The van der Waals surface area contributed by atoms with Crippen molar-refractivity contribution in [2.45, 2.75) is 39.8 Å². The summed E-state index contributed by atoms with van der Waals surface area (Å²) < 4.78 is 1.29. The highest BCUT2D eigenvalue weighted by atomic mass is 127. The van der Waals surface area contributed by atoms with Gasteiger partial charge in [0.15, 0.2) is 5.11 Å². The largest absolute Gasteiger partial charge is 0.362 e. The van der Waals surface area contributed by atoms with Gasteiger partial charge in [-0.05, 0) is 66.7 Å². The lowest BCUT2D eigenvalue weighted by Gasteiger charge is -2.29. The Hall–Kier alpha value is -1.15. The Morgan fingerprint density at radius 3 is 2.58 bits per heavy atom. The molecule has 1 fully saturated rings. The van der Waals surface area contributed by atoms with Crippen LogP contribution in [0, 0.1) is 23.3 Å². The number of hydrogen-bond acceptors (Lipinski definition) is 2. The predicted octanol–water partition coefficient (Wildman–Crippen LogP) is 4.26. The first-order valence-electron chi connectivity index (χ1n) is 8.22. The first-order chi connectivity index (χ1) is 11.4. The van der Waals surface area contributed by atoms with Gasteiger partial charge >= 0.3 is 0 Å². The molecule has 128 valence electrons. The number of aromatic nitrogens is 2. The number of thiocarbonyl (C=S) groups is 1. The van der Waals surface area contributed by atoms with Gasteiger partial charge in [-0.1, -0.05) is 19.9 Å². The van der Waals surface area contributed by atoms with Crippen molar-refractivity contribution in [2.75, 3.05) is 6.54 Å². The van der Waals surface area contributed by atoms with Crippen LogP contribution in [0.2, 0.25) is 0 Å². The molecule has 4 nitrogen and oxygen atoms in total. The standard InChI is InChI=1S/C18H23IN4S/c1-10(2)9-23-17(14-11(3)21-12(4)15(14)19)16(22-18(23)24)13-7-5-6-8-20-13/h5-8,10,16-17,21H,9H2,1-4H3,(H,22,24). The van der Waals surface area contributed by atoms with Crippen molar-refractivity contribution in [3.63, 3.8) is 0 Å². The number of rotatable bonds is 4. The lowest BCUT2D eigenvalue weighted by molar-refractivity contribution is 0.286. The summed E-state index contributed by atoms with van der Waals surface area (Å²) in [5, 5.41) is 4.33. The molecule has 0 bridgehead atoms. The summed E-state index contributed by atoms with van der Waals surface area (Å²) in [6.07, 6.45) is 1.85. The molecule has 0 spiro atoms. The van der Waals surface area contributed by atoms with Gasteiger partial charge in [-0.3, -0.25) is 4.98 Å². The van der Waals surface area contributed by atoms with Gasteiger partial charge in [0.05, 0.1) is 17.8 Å². The van der Waals surface area contributed by atoms with Crippen LogP contribution >= 0.6 is 34.8 Å². The van der Waals surface area contributed by atoms with E-state index >= 15 is 0 Å². The summed E-state index contributed by atoms with van der Waals surface area (Å²) in [5.74, 6) is 0.535. The van der Waals surface area contributed by atoms with Crippen molar-refractivity contribution in [3.8, 4) is 0 Å². The summed E-state index contributed by atoms with van der Waals surface area (Å²) >= 11 is 8.13. The van der Waals surface area contributed by atoms with Gasteiger partial charge in [0, 0.05) is 33.3 Å². The van der Waals surface area contributed by atoms with Crippen LogP contribution in [0.4, 0.5) is 0 Å². The quantitative estimate of drug-likeness (QED) is 0.536. The molecule has 2 aromatic rings. The van der Waals surface area contributed by atoms with Gasteiger partial charge in [0.1, 0.15) is 0 Å². The minimum Gasteiger partial charge on any atom is -0.362 e. The molecule has 2 unspecified atom stereocenters. The van der Waals surface area contributed by atoms with Crippen molar-refractivity contribution in [1.29, 1.82) is 0 Å². The fourth-order valence-corrected chi connectivity index (χ4v) is 4.60. The van der Waals surface area contributed by atoms with Crippen LogP contribution in [-0.4, -0.2) is 26.5 Å². The molecule has 1 aliphatic heterocycles. The van der Waals surface area contributed by atoms with E-state index in [4.69, 9.17) is 12.2 Å². The molecule has 1 aliphatic rings. The number of pyridine rings is 1. The Labute approximate surface area is 162 Å². The summed E-state index contributed by atoms with van der Waals surface area (Å²) in [4.78, 5) is 10.4. The van der Waals surface area contributed by atoms with Gasteiger partial charge in [-0.2, -0.15) is 0 Å². The molecule has 2 N–H and O–H groups in total. The number of aryl methyl sites for hydroxylation is 2. The molecule has 3 heterocycles. The summed E-state index contributed by atoms with van der Waals surface area (Å²) in [7, 11) is 0. The average molecular weight is 454 g/mol. The van der Waals surface area contributed by atoms with Crippen LogP contribution in [0.5, 0.6) is 0 Å². The maximum Gasteiger partial charge on any atom is 0.170 e. The van der Waals surface area contributed by atoms with E-state index in [1.165, 1.54) is 20.5 Å². The third-order valence-electron chi connectivity index (χ3n) is 4.40. The molecular weight excluding hydrogens is 431 g/mol. The second-order valence-electron chi connectivity index (χ2n) is 6.78. The fourth-order valence-electron chi connectivity index (χ4n) is 3.43. The highest BCUT2D eigenvalue weighted by Crippen LogP contribution is 2.42. The second kappa shape index (κ2) is 7.00. The molecule has 0 aromatic carbocycles. The molecule has 3 rings (SSSR count). The zero-order valence-corrected chi connectivity index (χ0v) is 17.4. The molecule has 2 atom stereocenters. The van der Waals surface area contributed by atoms with Crippen molar-refractivity contribution in [3.05, 3.63) is 50.6 Å². The Morgan fingerprint density at radius 1 is 1.29 bits per heavy atom. The molecular formula is C18H23IN4S. The molecule has 24 heavy (non-hydrogen) atoms. The minimum absolute atomic E-state index is 0.0693. The Morgan fingerprint density at radius 2 is 2.04 bits per heavy atom. The smallest absolute Gasteiger partial charge is 0.170 e. The number of halogens is 1. The van der Waals surface area contributed by atoms with Crippen LogP contribution in [0.3, 0.4) is 0 Å². The van der Waals surface area contributed by atoms with Gasteiger partial charge in [0.25, 0.3) is 0 Å². The molecule has 0 radical (unpaired) electrons. The monoisotopic (exact) mass is 454 g/mol. The number of aromatic amines is 1. The van der Waals surface area contributed by atoms with E-state index in [-0.39, 0.29) is 12.1 Å². The molecule has 6 heteroatoms. The molecule has 0 saturated carbocycles. The zero-order chi connectivity index (χ0) is 17.4. The van der Waals surface area contributed by atoms with E-state index in [9.17, 15) is 0 Å². The van der Waals surface area contributed by atoms with E-state index in [0.717, 1.165) is 17.4 Å².